The molecule has 202 valence electrons. The van der Waals surface area contributed by atoms with Crippen molar-refractivity contribution in [3.8, 4) is 0 Å². The van der Waals surface area contributed by atoms with Crippen molar-refractivity contribution in [1.82, 2.24) is 25.0 Å². The first-order valence-corrected chi connectivity index (χ1v) is 13.5. The molecule has 4 rings (SSSR count). The van der Waals surface area contributed by atoms with Gasteiger partial charge in [0.05, 0.1) is 23.9 Å². The standard InChI is InChI=1S/C26H36N6O3.C2H6/c1-3-27-17-23(35)22(18-33)31-14-9-20(10-15-31)24-29-30-25(32(24)16-13-28-19(2)34)26(11-12-26)21-7-5-4-6-8-21;1-2/h4-8,17,20,33,35H,3,9-16,18H2,1-2H3,(H,28,34);1-2H3/b23-22-,27-17?;. The van der Waals surface area contributed by atoms with Crippen molar-refractivity contribution in [2.24, 2.45) is 4.99 Å². The summed E-state index contributed by atoms with van der Waals surface area (Å²) in [4.78, 5) is 17.6. The van der Waals surface area contributed by atoms with E-state index in [9.17, 15) is 15.0 Å². The normalized spacial score (nSPS) is 17.7. The van der Waals surface area contributed by atoms with E-state index in [1.54, 1.807) is 0 Å². The van der Waals surface area contributed by atoms with Gasteiger partial charge in [0.1, 0.15) is 11.6 Å². The molecule has 3 N–H and O–H groups in total. The number of allylic oxidation sites excluding steroid dienone is 1. The molecule has 1 aliphatic carbocycles. The number of rotatable bonds is 10. The van der Waals surface area contributed by atoms with Crippen LogP contribution in [0.15, 0.2) is 46.8 Å². The minimum Gasteiger partial charge on any atom is -0.504 e. The number of carbonyl (C=O) groups is 1. The van der Waals surface area contributed by atoms with Crippen molar-refractivity contribution >= 4 is 12.1 Å². The Kier molecular flexibility index (Phi) is 10.3. The summed E-state index contributed by atoms with van der Waals surface area (Å²) in [5.41, 5.74) is 1.66. The number of piperidine rings is 1. The number of aromatic nitrogens is 3. The van der Waals surface area contributed by atoms with Gasteiger partial charge < -0.3 is 25.0 Å². The summed E-state index contributed by atoms with van der Waals surface area (Å²) in [5, 5.41) is 32.5. The molecule has 1 saturated carbocycles. The number of nitrogens with zero attached hydrogens (tertiary/aromatic N) is 5. The second-order valence-electron chi connectivity index (χ2n) is 9.34. The van der Waals surface area contributed by atoms with Gasteiger partial charge >= 0.3 is 0 Å². The Labute approximate surface area is 220 Å². The minimum absolute atomic E-state index is 0.0205. The Balaban J connectivity index is 0.00000186. The highest BCUT2D eigenvalue weighted by Crippen LogP contribution is 2.53. The van der Waals surface area contributed by atoms with Crippen LogP contribution >= 0.6 is 0 Å². The van der Waals surface area contributed by atoms with Crippen molar-refractivity contribution in [2.75, 3.05) is 32.8 Å². The predicted octanol–water partition coefficient (Wildman–Crippen LogP) is 3.55. The lowest BCUT2D eigenvalue weighted by Gasteiger charge is -2.34. The lowest BCUT2D eigenvalue weighted by atomic mass is 9.93. The topological polar surface area (TPSA) is 116 Å². The summed E-state index contributed by atoms with van der Waals surface area (Å²) >= 11 is 0. The molecular weight excluding hydrogens is 468 g/mol. The summed E-state index contributed by atoms with van der Waals surface area (Å²) in [6, 6.07) is 10.5. The minimum atomic E-state index is -0.233. The highest BCUT2D eigenvalue weighted by Gasteiger charge is 2.50. The molecule has 0 spiro atoms. The lowest BCUT2D eigenvalue weighted by molar-refractivity contribution is -0.118. The zero-order valence-electron chi connectivity index (χ0n) is 22.7. The number of benzene rings is 1. The maximum atomic E-state index is 11.5. The van der Waals surface area contributed by atoms with Crippen LogP contribution in [-0.2, 0) is 16.8 Å². The maximum Gasteiger partial charge on any atom is 0.216 e. The van der Waals surface area contributed by atoms with E-state index in [-0.39, 0.29) is 29.6 Å². The van der Waals surface area contributed by atoms with Gasteiger partial charge in [-0.1, -0.05) is 44.2 Å². The molecule has 0 atom stereocenters. The Bertz CT molecular complexity index is 1070. The third-order valence-electron chi connectivity index (χ3n) is 7.08. The van der Waals surface area contributed by atoms with Crippen LogP contribution in [0.3, 0.4) is 0 Å². The molecule has 1 aliphatic heterocycles. The molecular formula is C28H42N6O3. The summed E-state index contributed by atoms with van der Waals surface area (Å²) in [5.74, 6) is 2.12. The molecule has 0 unspecified atom stereocenters. The van der Waals surface area contributed by atoms with Crippen LogP contribution in [0.5, 0.6) is 0 Å². The molecule has 1 amide bonds. The zero-order chi connectivity index (χ0) is 26.8. The SMILES string of the molecule is CC.CCN=C/C(O)=C(\CO)N1CCC(c2nnc(C3(c4ccccc4)CC3)n2CCNC(C)=O)CC1. The number of hydrogen-bond acceptors (Lipinski definition) is 7. The van der Waals surface area contributed by atoms with Crippen molar-refractivity contribution in [1.29, 1.82) is 0 Å². The largest absolute Gasteiger partial charge is 0.504 e. The first kappa shape index (κ1) is 28.4. The Morgan fingerprint density at radius 2 is 1.86 bits per heavy atom. The Morgan fingerprint density at radius 3 is 2.43 bits per heavy atom. The van der Waals surface area contributed by atoms with E-state index in [2.05, 4.69) is 44.2 Å². The predicted molar refractivity (Wildman–Crippen MR) is 146 cm³/mol. The number of amides is 1. The molecule has 0 bridgehead atoms. The highest BCUT2D eigenvalue weighted by molar-refractivity contribution is 5.76. The van der Waals surface area contributed by atoms with E-state index in [1.165, 1.54) is 18.7 Å². The van der Waals surface area contributed by atoms with Crippen molar-refractivity contribution in [2.45, 2.75) is 71.3 Å². The first-order valence-electron chi connectivity index (χ1n) is 13.5. The lowest BCUT2D eigenvalue weighted by Crippen LogP contribution is -2.36. The Hall–Kier alpha value is -3.20. The summed E-state index contributed by atoms with van der Waals surface area (Å²) in [6.07, 6.45) is 5.16. The first-order chi connectivity index (χ1) is 18.0. The van der Waals surface area contributed by atoms with Crippen LogP contribution in [0.4, 0.5) is 0 Å². The van der Waals surface area contributed by atoms with Crippen LogP contribution in [0.2, 0.25) is 0 Å². The van der Waals surface area contributed by atoms with E-state index in [1.807, 2.05) is 31.7 Å². The van der Waals surface area contributed by atoms with E-state index >= 15 is 0 Å². The van der Waals surface area contributed by atoms with E-state index in [4.69, 9.17) is 5.10 Å². The van der Waals surface area contributed by atoms with E-state index < -0.39 is 0 Å². The average Bonchev–Trinajstić information content (AvgIpc) is 3.63. The van der Waals surface area contributed by atoms with Gasteiger partial charge in [0.2, 0.25) is 5.91 Å². The quantitative estimate of drug-likeness (QED) is 0.333. The van der Waals surface area contributed by atoms with Gasteiger partial charge in [-0.15, -0.1) is 10.2 Å². The molecule has 2 aromatic rings. The molecule has 2 aliphatic rings. The second kappa shape index (κ2) is 13.4. The number of likely N-dealkylation sites (tertiary alicyclic amines) is 1. The number of aliphatic hydroxyl groups is 2. The highest BCUT2D eigenvalue weighted by atomic mass is 16.3. The van der Waals surface area contributed by atoms with Crippen LogP contribution in [0, 0.1) is 0 Å². The van der Waals surface area contributed by atoms with Crippen LogP contribution in [0.1, 0.15) is 76.5 Å². The molecule has 0 radical (unpaired) electrons. The number of aliphatic imine (C=N–C) groups is 1. The number of hydrogen-bond donors (Lipinski definition) is 3. The zero-order valence-corrected chi connectivity index (χ0v) is 22.7. The maximum absolute atomic E-state index is 11.5. The van der Waals surface area contributed by atoms with Crippen LogP contribution in [-0.4, -0.2) is 74.8 Å². The van der Waals surface area contributed by atoms with Gasteiger partial charge in [0.15, 0.2) is 5.76 Å². The smallest absolute Gasteiger partial charge is 0.216 e. The Morgan fingerprint density at radius 1 is 1.19 bits per heavy atom. The monoisotopic (exact) mass is 510 g/mol. The molecule has 9 nitrogen and oxygen atoms in total. The van der Waals surface area contributed by atoms with E-state index in [0.29, 0.717) is 38.4 Å². The molecule has 9 heteroatoms. The van der Waals surface area contributed by atoms with Gasteiger partial charge in [-0.3, -0.25) is 9.79 Å². The van der Waals surface area contributed by atoms with E-state index in [0.717, 1.165) is 37.3 Å². The van der Waals surface area contributed by atoms with Gasteiger partial charge in [-0.05, 0) is 38.2 Å². The molecule has 2 fully saturated rings. The number of nitrogens with one attached hydrogen (secondary N) is 1. The van der Waals surface area contributed by atoms with Gasteiger partial charge in [0.25, 0.3) is 0 Å². The molecule has 2 heterocycles. The average molecular weight is 511 g/mol. The van der Waals surface area contributed by atoms with Gasteiger partial charge in [-0.2, -0.15) is 0 Å². The fourth-order valence-electron chi connectivity index (χ4n) is 5.06. The summed E-state index contributed by atoms with van der Waals surface area (Å²) in [7, 11) is 0. The van der Waals surface area contributed by atoms with Crippen LogP contribution in [0.25, 0.3) is 0 Å². The van der Waals surface area contributed by atoms with Crippen molar-refractivity contribution in [3.05, 3.63) is 59.0 Å². The third-order valence-corrected chi connectivity index (χ3v) is 7.08. The number of aliphatic hydroxyl groups excluding tert-OH is 2. The summed E-state index contributed by atoms with van der Waals surface area (Å²) in [6.45, 7) is 10.3. The fraction of sp³-hybridized carbons (Fsp3) is 0.571. The van der Waals surface area contributed by atoms with Crippen molar-refractivity contribution < 1.29 is 15.0 Å². The fourth-order valence-corrected chi connectivity index (χ4v) is 5.06. The number of carbonyl (C=O) groups excluding carboxylic acids is 1. The second-order valence-corrected chi connectivity index (χ2v) is 9.34. The third kappa shape index (κ3) is 6.57. The molecule has 1 saturated heterocycles. The van der Waals surface area contributed by atoms with Gasteiger partial charge in [0, 0.05) is 45.6 Å². The van der Waals surface area contributed by atoms with Crippen molar-refractivity contribution in [3.63, 3.8) is 0 Å². The molecule has 1 aromatic heterocycles. The summed E-state index contributed by atoms with van der Waals surface area (Å²) < 4.78 is 2.23. The van der Waals surface area contributed by atoms with Crippen LogP contribution < -0.4 is 5.32 Å². The van der Waals surface area contributed by atoms with Gasteiger partial charge in [-0.25, -0.2) is 0 Å². The molecule has 37 heavy (non-hydrogen) atoms. The molecule has 1 aromatic carbocycles.